The van der Waals surface area contributed by atoms with Gasteiger partial charge in [-0.1, -0.05) is 17.7 Å². The lowest BCUT2D eigenvalue weighted by Gasteiger charge is -2.12. The number of ether oxygens (including phenoxy) is 1. The van der Waals surface area contributed by atoms with Gasteiger partial charge in [-0.15, -0.1) is 0 Å². The van der Waals surface area contributed by atoms with Gasteiger partial charge >= 0.3 is 0 Å². The molecule has 0 aromatic heterocycles. The van der Waals surface area contributed by atoms with Gasteiger partial charge in [0.05, 0.1) is 17.3 Å². The predicted octanol–water partition coefficient (Wildman–Crippen LogP) is 5.62. The van der Waals surface area contributed by atoms with Gasteiger partial charge in [0.2, 0.25) is 0 Å². The van der Waals surface area contributed by atoms with E-state index in [1.807, 2.05) is 12.1 Å². The molecule has 2 rings (SSSR count). The number of rotatable bonds is 4. The highest BCUT2D eigenvalue weighted by molar-refractivity contribution is 9.11. The highest BCUT2D eigenvalue weighted by Gasteiger charge is 2.08. The van der Waals surface area contributed by atoms with Crippen LogP contribution in [-0.4, -0.2) is 7.11 Å². The standard InChI is InChI=1S/C14H11Br2ClFNO/c1-20-14-6-13(10(15)5-11(14)16)19-7-8-2-3-9(17)4-12(8)18/h2-6,19H,7H2,1H3. The number of benzene rings is 2. The average molecular weight is 424 g/mol. The molecule has 0 aliphatic heterocycles. The van der Waals surface area contributed by atoms with E-state index in [2.05, 4.69) is 37.2 Å². The molecule has 0 unspecified atom stereocenters. The first-order valence-corrected chi connectivity index (χ1v) is 7.68. The summed E-state index contributed by atoms with van der Waals surface area (Å²) in [6.07, 6.45) is 0. The minimum atomic E-state index is -0.329. The van der Waals surface area contributed by atoms with Crippen LogP contribution in [0, 0.1) is 5.82 Å². The van der Waals surface area contributed by atoms with Crippen LogP contribution in [0.15, 0.2) is 39.3 Å². The Morgan fingerprint density at radius 1 is 1.20 bits per heavy atom. The van der Waals surface area contributed by atoms with Crippen LogP contribution >= 0.6 is 43.5 Å². The van der Waals surface area contributed by atoms with Gasteiger partial charge in [0.15, 0.2) is 0 Å². The lowest BCUT2D eigenvalue weighted by Crippen LogP contribution is -2.03. The Morgan fingerprint density at radius 2 is 1.95 bits per heavy atom. The number of nitrogens with one attached hydrogen (secondary N) is 1. The van der Waals surface area contributed by atoms with Crippen LogP contribution in [0.1, 0.15) is 5.56 Å². The number of methoxy groups -OCH3 is 1. The molecule has 0 bridgehead atoms. The van der Waals surface area contributed by atoms with Crippen molar-refractivity contribution in [1.29, 1.82) is 0 Å². The Bertz CT molecular complexity index is 637. The monoisotopic (exact) mass is 421 g/mol. The molecule has 2 nitrogen and oxygen atoms in total. The van der Waals surface area contributed by atoms with Crippen molar-refractivity contribution in [3.05, 3.63) is 55.7 Å². The SMILES string of the molecule is COc1cc(NCc2ccc(Cl)cc2F)c(Br)cc1Br. The highest BCUT2D eigenvalue weighted by atomic mass is 79.9. The first kappa shape index (κ1) is 15.6. The molecule has 0 aliphatic rings. The third kappa shape index (κ3) is 3.65. The molecule has 0 saturated carbocycles. The molecule has 0 aliphatic carbocycles. The Hall–Kier alpha value is -0.780. The molecule has 20 heavy (non-hydrogen) atoms. The van der Waals surface area contributed by atoms with Crippen molar-refractivity contribution in [3.8, 4) is 5.75 Å². The van der Waals surface area contributed by atoms with Crippen molar-refractivity contribution < 1.29 is 9.13 Å². The van der Waals surface area contributed by atoms with Crippen LogP contribution in [0.4, 0.5) is 10.1 Å². The number of hydrogen-bond donors (Lipinski definition) is 1. The normalized spacial score (nSPS) is 10.4. The fourth-order valence-corrected chi connectivity index (χ4v) is 3.13. The lowest BCUT2D eigenvalue weighted by molar-refractivity contribution is 0.412. The lowest BCUT2D eigenvalue weighted by atomic mass is 10.2. The Morgan fingerprint density at radius 3 is 2.60 bits per heavy atom. The second-order valence-corrected chi connectivity index (χ2v) is 6.20. The molecule has 2 aromatic rings. The summed E-state index contributed by atoms with van der Waals surface area (Å²) < 4.78 is 20.6. The number of hydrogen-bond acceptors (Lipinski definition) is 2. The summed E-state index contributed by atoms with van der Waals surface area (Å²) in [6, 6.07) is 8.34. The first-order valence-electron chi connectivity index (χ1n) is 5.72. The number of anilines is 1. The smallest absolute Gasteiger partial charge is 0.135 e. The van der Waals surface area contributed by atoms with Crippen molar-refractivity contribution in [1.82, 2.24) is 0 Å². The van der Waals surface area contributed by atoms with E-state index < -0.39 is 0 Å². The van der Waals surface area contributed by atoms with Gasteiger partial charge in [-0.25, -0.2) is 4.39 Å². The van der Waals surface area contributed by atoms with Crippen LogP contribution in [0.2, 0.25) is 5.02 Å². The summed E-state index contributed by atoms with van der Waals surface area (Å²) in [6.45, 7) is 0.354. The molecule has 0 amide bonds. The molecule has 6 heteroatoms. The Balaban J connectivity index is 2.18. The topological polar surface area (TPSA) is 21.3 Å². The third-order valence-corrected chi connectivity index (χ3v) is 4.24. The summed E-state index contributed by atoms with van der Waals surface area (Å²) in [5, 5.41) is 3.55. The van der Waals surface area contributed by atoms with Gasteiger partial charge in [-0.05, 0) is 50.1 Å². The molecule has 0 spiro atoms. The van der Waals surface area contributed by atoms with Crippen LogP contribution in [-0.2, 0) is 6.54 Å². The molecule has 0 radical (unpaired) electrons. The molecule has 0 saturated heterocycles. The molecule has 2 aromatic carbocycles. The number of halogens is 4. The van der Waals surface area contributed by atoms with Gasteiger partial charge in [0.1, 0.15) is 11.6 Å². The predicted molar refractivity (Wildman–Crippen MR) is 87.1 cm³/mol. The van der Waals surface area contributed by atoms with Crippen molar-refractivity contribution in [2.45, 2.75) is 6.54 Å². The van der Waals surface area contributed by atoms with E-state index in [4.69, 9.17) is 16.3 Å². The van der Waals surface area contributed by atoms with E-state index in [-0.39, 0.29) is 5.82 Å². The highest BCUT2D eigenvalue weighted by Crippen LogP contribution is 2.34. The van der Waals surface area contributed by atoms with Crippen LogP contribution < -0.4 is 10.1 Å². The first-order chi connectivity index (χ1) is 9.51. The van der Waals surface area contributed by atoms with Gasteiger partial charge in [0.25, 0.3) is 0 Å². The average Bonchev–Trinajstić information content (AvgIpc) is 2.39. The molecule has 0 atom stereocenters. The molecule has 0 fully saturated rings. The molecule has 1 N–H and O–H groups in total. The second-order valence-electron chi connectivity index (χ2n) is 4.06. The van der Waals surface area contributed by atoms with Crippen LogP contribution in [0.3, 0.4) is 0 Å². The van der Waals surface area contributed by atoms with E-state index in [9.17, 15) is 4.39 Å². The zero-order valence-electron chi connectivity index (χ0n) is 10.5. The van der Waals surface area contributed by atoms with E-state index >= 15 is 0 Å². The van der Waals surface area contributed by atoms with Gasteiger partial charge in [0, 0.05) is 27.7 Å². The quantitative estimate of drug-likeness (QED) is 0.689. The Kier molecular flexibility index (Phi) is 5.29. The maximum absolute atomic E-state index is 13.7. The van der Waals surface area contributed by atoms with Crippen molar-refractivity contribution in [3.63, 3.8) is 0 Å². The van der Waals surface area contributed by atoms with E-state index in [0.29, 0.717) is 22.9 Å². The largest absolute Gasteiger partial charge is 0.495 e. The summed E-state index contributed by atoms with van der Waals surface area (Å²) in [5.41, 5.74) is 1.36. The van der Waals surface area contributed by atoms with Crippen molar-refractivity contribution in [2.24, 2.45) is 0 Å². The summed E-state index contributed by atoms with van der Waals surface area (Å²) in [5.74, 6) is 0.373. The van der Waals surface area contributed by atoms with E-state index in [1.165, 1.54) is 6.07 Å². The van der Waals surface area contributed by atoms with E-state index in [1.54, 1.807) is 19.2 Å². The zero-order chi connectivity index (χ0) is 14.7. The minimum Gasteiger partial charge on any atom is -0.495 e. The third-order valence-electron chi connectivity index (χ3n) is 2.73. The maximum atomic E-state index is 13.7. The van der Waals surface area contributed by atoms with Crippen LogP contribution in [0.25, 0.3) is 0 Å². The fraction of sp³-hybridized carbons (Fsp3) is 0.143. The van der Waals surface area contributed by atoms with Gasteiger partial charge < -0.3 is 10.1 Å². The second kappa shape index (κ2) is 6.78. The fourth-order valence-electron chi connectivity index (χ4n) is 1.68. The Labute approximate surface area is 138 Å². The van der Waals surface area contributed by atoms with Crippen LogP contribution in [0.5, 0.6) is 5.75 Å². The molecule has 106 valence electrons. The van der Waals surface area contributed by atoms with Gasteiger partial charge in [-0.2, -0.15) is 0 Å². The molecule has 0 heterocycles. The molecular weight excluding hydrogens is 412 g/mol. The maximum Gasteiger partial charge on any atom is 0.135 e. The summed E-state index contributed by atoms with van der Waals surface area (Å²) >= 11 is 12.6. The zero-order valence-corrected chi connectivity index (χ0v) is 14.4. The van der Waals surface area contributed by atoms with Gasteiger partial charge in [-0.3, -0.25) is 0 Å². The summed E-state index contributed by atoms with van der Waals surface area (Å²) in [4.78, 5) is 0. The molecular formula is C14H11Br2ClFNO. The minimum absolute atomic E-state index is 0.329. The van der Waals surface area contributed by atoms with E-state index in [0.717, 1.165) is 14.6 Å². The van der Waals surface area contributed by atoms with Crippen molar-refractivity contribution >= 4 is 49.1 Å². The van der Waals surface area contributed by atoms with Crippen molar-refractivity contribution in [2.75, 3.05) is 12.4 Å². The summed E-state index contributed by atoms with van der Waals surface area (Å²) in [7, 11) is 1.59.